The van der Waals surface area contributed by atoms with Crippen molar-refractivity contribution in [1.82, 2.24) is 0 Å². The van der Waals surface area contributed by atoms with Gasteiger partial charge >= 0.3 is 0 Å². The van der Waals surface area contributed by atoms with Crippen LogP contribution in [-0.2, 0) is 0 Å². The molecule has 0 radical (unpaired) electrons. The molecule has 3 nitrogen and oxygen atoms in total. The van der Waals surface area contributed by atoms with Gasteiger partial charge in [0.2, 0.25) is 0 Å². The summed E-state index contributed by atoms with van der Waals surface area (Å²) in [7, 11) is 0. The summed E-state index contributed by atoms with van der Waals surface area (Å²) < 4.78 is 19.1. The summed E-state index contributed by atoms with van der Waals surface area (Å²) >= 11 is 3.35. The Hall–Kier alpha value is -1.59. The molecular weight excluding hydrogens is 325 g/mol. The summed E-state index contributed by atoms with van der Waals surface area (Å²) in [5.41, 5.74) is 0.757. The number of halogens is 2. The molecule has 2 rings (SSSR count). The van der Waals surface area contributed by atoms with Crippen LogP contribution in [0.3, 0.4) is 0 Å². The molecule has 0 bridgehead atoms. The van der Waals surface area contributed by atoms with E-state index in [0.717, 1.165) is 10.2 Å². The third-order valence-electron chi connectivity index (χ3n) is 2.62. The van der Waals surface area contributed by atoms with Crippen molar-refractivity contribution in [2.24, 2.45) is 0 Å². The number of ether oxygens (including phenoxy) is 1. The first kappa shape index (κ1) is 14.8. The van der Waals surface area contributed by atoms with Gasteiger partial charge in [-0.05, 0) is 42.5 Å². The van der Waals surface area contributed by atoms with Crippen LogP contribution in [0.25, 0.3) is 0 Å². The van der Waals surface area contributed by atoms with E-state index in [2.05, 4.69) is 21.2 Å². The van der Waals surface area contributed by atoms with Crippen LogP contribution in [0.15, 0.2) is 53.0 Å². The Morgan fingerprint density at radius 1 is 1.20 bits per heavy atom. The Labute approximate surface area is 125 Å². The predicted octanol–water partition coefficient (Wildman–Crippen LogP) is 3.44. The topological polar surface area (TPSA) is 41.5 Å². The van der Waals surface area contributed by atoms with Crippen molar-refractivity contribution in [3.05, 3.63) is 58.8 Å². The zero-order valence-electron chi connectivity index (χ0n) is 10.7. The average Bonchev–Trinajstić information content (AvgIpc) is 2.45. The van der Waals surface area contributed by atoms with E-state index in [9.17, 15) is 9.50 Å². The van der Waals surface area contributed by atoms with Crippen LogP contribution in [0, 0.1) is 5.82 Å². The van der Waals surface area contributed by atoms with Crippen molar-refractivity contribution in [1.29, 1.82) is 0 Å². The molecule has 0 saturated heterocycles. The lowest BCUT2D eigenvalue weighted by Crippen LogP contribution is -2.26. The third kappa shape index (κ3) is 4.83. The molecule has 1 atom stereocenters. The van der Waals surface area contributed by atoms with Crippen molar-refractivity contribution in [3.63, 3.8) is 0 Å². The molecule has 0 saturated carbocycles. The molecule has 0 aliphatic carbocycles. The number of hydrogen-bond acceptors (Lipinski definition) is 3. The fraction of sp³-hybridized carbons (Fsp3) is 0.200. The Morgan fingerprint density at radius 2 is 1.95 bits per heavy atom. The molecule has 2 aromatic rings. The van der Waals surface area contributed by atoms with Crippen molar-refractivity contribution in [3.8, 4) is 5.75 Å². The van der Waals surface area contributed by atoms with Crippen molar-refractivity contribution in [2.45, 2.75) is 6.10 Å². The Morgan fingerprint density at radius 3 is 2.65 bits per heavy atom. The lowest BCUT2D eigenvalue weighted by atomic mass is 10.3. The smallest absolute Gasteiger partial charge is 0.123 e. The quantitative estimate of drug-likeness (QED) is 0.847. The Bertz CT molecular complexity index is 548. The maximum atomic E-state index is 12.7. The predicted molar refractivity (Wildman–Crippen MR) is 80.5 cm³/mol. The minimum atomic E-state index is -0.654. The molecule has 1 unspecified atom stereocenters. The summed E-state index contributed by atoms with van der Waals surface area (Å²) in [4.78, 5) is 0. The molecule has 0 aliphatic rings. The SMILES string of the molecule is OC(CNc1ccc(F)cc1)COc1cccc(Br)c1. The number of nitrogens with one attached hydrogen (secondary N) is 1. The highest BCUT2D eigenvalue weighted by atomic mass is 79.9. The van der Waals surface area contributed by atoms with Gasteiger partial charge < -0.3 is 15.2 Å². The van der Waals surface area contributed by atoms with Gasteiger partial charge in [0.05, 0.1) is 0 Å². The maximum Gasteiger partial charge on any atom is 0.123 e. The standard InChI is InChI=1S/C15H15BrFNO2/c16-11-2-1-3-15(8-11)20-10-14(19)9-18-13-6-4-12(17)5-7-13/h1-8,14,18-19H,9-10H2. The molecule has 20 heavy (non-hydrogen) atoms. The lowest BCUT2D eigenvalue weighted by molar-refractivity contribution is 0.117. The monoisotopic (exact) mass is 339 g/mol. The molecule has 0 aromatic heterocycles. The summed E-state index contributed by atoms with van der Waals surface area (Å²) in [5.74, 6) is 0.411. The first-order chi connectivity index (χ1) is 9.63. The van der Waals surface area contributed by atoms with Crippen molar-refractivity contribution >= 4 is 21.6 Å². The highest BCUT2D eigenvalue weighted by molar-refractivity contribution is 9.10. The van der Waals surface area contributed by atoms with E-state index in [1.807, 2.05) is 24.3 Å². The van der Waals surface area contributed by atoms with Gasteiger partial charge in [-0.2, -0.15) is 0 Å². The zero-order chi connectivity index (χ0) is 14.4. The number of aliphatic hydroxyl groups is 1. The molecule has 2 N–H and O–H groups in total. The van der Waals surface area contributed by atoms with Crippen LogP contribution in [0.4, 0.5) is 10.1 Å². The van der Waals surface area contributed by atoms with Gasteiger partial charge in [-0.25, -0.2) is 4.39 Å². The van der Waals surface area contributed by atoms with E-state index in [-0.39, 0.29) is 12.4 Å². The fourth-order valence-electron chi connectivity index (χ4n) is 1.61. The molecule has 106 valence electrons. The van der Waals surface area contributed by atoms with Crippen LogP contribution in [-0.4, -0.2) is 24.4 Å². The van der Waals surface area contributed by atoms with E-state index in [1.54, 1.807) is 12.1 Å². The van der Waals surface area contributed by atoms with E-state index < -0.39 is 6.10 Å². The van der Waals surface area contributed by atoms with Crippen molar-refractivity contribution < 1.29 is 14.2 Å². The Balaban J connectivity index is 1.75. The van der Waals surface area contributed by atoms with Crippen LogP contribution < -0.4 is 10.1 Å². The number of rotatable bonds is 6. The summed E-state index contributed by atoms with van der Waals surface area (Å²) in [6.07, 6.45) is -0.654. The number of aliphatic hydroxyl groups excluding tert-OH is 1. The van der Waals surface area contributed by atoms with Gasteiger partial charge in [-0.15, -0.1) is 0 Å². The molecule has 2 aromatic carbocycles. The van der Waals surface area contributed by atoms with Crippen LogP contribution >= 0.6 is 15.9 Å². The van der Waals surface area contributed by atoms with Crippen LogP contribution in [0.2, 0.25) is 0 Å². The van der Waals surface area contributed by atoms with Gasteiger partial charge in [-0.1, -0.05) is 22.0 Å². The molecule has 0 aliphatic heterocycles. The second-order valence-electron chi connectivity index (χ2n) is 4.31. The third-order valence-corrected chi connectivity index (χ3v) is 3.12. The van der Waals surface area contributed by atoms with Crippen LogP contribution in [0.1, 0.15) is 0 Å². The first-order valence-corrected chi connectivity index (χ1v) is 6.98. The van der Waals surface area contributed by atoms with Gasteiger partial charge in [0, 0.05) is 16.7 Å². The van der Waals surface area contributed by atoms with E-state index in [1.165, 1.54) is 12.1 Å². The molecule has 0 fully saturated rings. The molecule has 0 spiro atoms. The van der Waals surface area contributed by atoms with E-state index >= 15 is 0 Å². The minimum Gasteiger partial charge on any atom is -0.491 e. The average molecular weight is 340 g/mol. The largest absolute Gasteiger partial charge is 0.491 e. The van der Waals surface area contributed by atoms with E-state index in [0.29, 0.717) is 12.3 Å². The molecule has 5 heteroatoms. The fourth-order valence-corrected chi connectivity index (χ4v) is 1.99. The van der Waals surface area contributed by atoms with Gasteiger partial charge in [-0.3, -0.25) is 0 Å². The molecule has 0 amide bonds. The second-order valence-corrected chi connectivity index (χ2v) is 5.23. The summed E-state index contributed by atoms with van der Waals surface area (Å²) in [5, 5.41) is 12.8. The number of hydrogen-bond donors (Lipinski definition) is 2. The van der Waals surface area contributed by atoms with Crippen molar-refractivity contribution in [2.75, 3.05) is 18.5 Å². The summed E-state index contributed by atoms with van der Waals surface area (Å²) in [6, 6.07) is 13.4. The highest BCUT2D eigenvalue weighted by Crippen LogP contribution is 2.17. The van der Waals surface area contributed by atoms with Gasteiger partial charge in [0.15, 0.2) is 0 Å². The van der Waals surface area contributed by atoms with Crippen LogP contribution in [0.5, 0.6) is 5.75 Å². The zero-order valence-corrected chi connectivity index (χ0v) is 12.3. The highest BCUT2D eigenvalue weighted by Gasteiger charge is 2.05. The number of benzene rings is 2. The molecule has 0 heterocycles. The number of anilines is 1. The maximum absolute atomic E-state index is 12.7. The normalized spacial score (nSPS) is 11.9. The minimum absolute atomic E-state index is 0.185. The summed E-state index contributed by atoms with van der Waals surface area (Å²) in [6.45, 7) is 0.518. The van der Waals surface area contributed by atoms with Gasteiger partial charge in [0.1, 0.15) is 24.3 Å². The Kier molecular flexibility index (Phi) is 5.38. The first-order valence-electron chi connectivity index (χ1n) is 6.19. The lowest BCUT2D eigenvalue weighted by Gasteiger charge is -2.14. The van der Waals surface area contributed by atoms with E-state index in [4.69, 9.17) is 4.74 Å². The molecular formula is C15H15BrFNO2. The van der Waals surface area contributed by atoms with Gasteiger partial charge in [0.25, 0.3) is 0 Å². The second kappa shape index (κ2) is 7.26.